The van der Waals surface area contributed by atoms with Crippen LogP contribution in [0.2, 0.25) is 0 Å². The van der Waals surface area contributed by atoms with Crippen molar-refractivity contribution in [3.63, 3.8) is 0 Å². The number of phenols is 1. The minimum atomic E-state index is -1.28. The lowest BCUT2D eigenvalue weighted by Gasteiger charge is -2.47. The Balaban J connectivity index is 1.63. The second-order valence-corrected chi connectivity index (χ2v) is 11.1. The number of hydrogen-bond donors (Lipinski definition) is 1. The first kappa shape index (κ1) is 24.5. The number of methoxy groups -OCH3 is 1. The van der Waals surface area contributed by atoms with Crippen LogP contribution in [0.4, 0.5) is 5.69 Å². The predicted octanol–water partition coefficient (Wildman–Crippen LogP) is 2.69. The molecule has 1 saturated heterocycles. The van der Waals surface area contributed by atoms with E-state index in [1.165, 1.54) is 28.4 Å². The number of rotatable bonds is 3. The normalized spacial score (nSPS) is 26.1. The molecule has 0 radical (unpaired) electrons. The summed E-state index contributed by atoms with van der Waals surface area (Å²) in [5.41, 5.74) is -0.681. The molecule has 6 rings (SSSR count). The SMILES string of the molecule is COc1cc(Br)cc([C@H]2C3=CCn4c(=O)n(C)c(=O)n4[C@@H]3C[C@H]3C(=O)N(c4ccccc4)C(=O)[C@@]23C)c1O. The van der Waals surface area contributed by atoms with Crippen molar-refractivity contribution < 1.29 is 19.4 Å². The highest BCUT2D eigenvalue weighted by Gasteiger charge is 2.65. The molecule has 196 valence electrons. The Kier molecular flexibility index (Phi) is 5.36. The number of benzene rings is 2. The molecule has 0 unspecified atom stereocenters. The minimum absolute atomic E-state index is 0.119. The number of ether oxygens (including phenoxy) is 1. The number of para-hydroxylation sites is 1. The van der Waals surface area contributed by atoms with Crippen LogP contribution in [-0.2, 0) is 23.2 Å². The second-order valence-electron chi connectivity index (χ2n) is 10.1. The van der Waals surface area contributed by atoms with Gasteiger partial charge in [-0.05, 0) is 43.2 Å². The molecule has 1 aliphatic carbocycles. The Hall–Kier alpha value is -3.86. The molecule has 0 bridgehead atoms. The lowest BCUT2D eigenvalue weighted by Crippen LogP contribution is -2.49. The van der Waals surface area contributed by atoms with E-state index in [1.54, 1.807) is 49.4 Å². The molecule has 3 aromatic rings. The molecule has 0 spiro atoms. The van der Waals surface area contributed by atoms with Gasteiger partial charge in [-0.2, -0.15) is 0 Å². The number of aromatic nitrogens is 3. The highest BCUT2D eigenvalue weighted by Crippen LogP contribution is 2.62. The molecule has 11 heteroatoms. The van der Waals surface area contributed by atoms with E-state index in [-0.39, 0.29) is 36.3 Å². The highest BCUT2D eigenvalue weighted by molar-refractivity contribution is 9.10. The topological polar surface area (TPSA) is 116 Å². The van der Waals surface area contributed by atoms with E-state index in [2.05, 4.69) is 15.9 Å². The first-order valence-corrected chi connectivity index (χ1v) is 13.0. The Labute approximate surface area is 225 Å². The zero-order valence-electron chi connectivity index (χ0n) is 20.9. The van der Waals surface area contributed by atoms with Crippen LogP contribution in [0, 0.1) is 11.3 Å². The summed E-state index contributed by atoms with van der Waals surface area (Å²) in [6, 6.07) is 11.4. The van der Waals surface area contributed by atoms with Gasteiger partial charge in [0.25, 0.3) is 0 Å². The first-order chi connectivity index (χ1) is 18.1. The van der Waals surface area contributed by atoms with E-state index in [9.17, 15) is 24.3 Å². The number of nitrogens with zero attached hydrogens (tertiary/aromatic N) is 4. The van der Waals surface area contributed by atoms with Crippen LogP contribution >= 0.6 is 15.9 Å². The lowest BCUT2D eigenvalue weighted by molar-refractivity contribution is -0.129. The maximum absolute atomic E-state index is 14.3. The smallest absolute Gasteiger partial charge is 0.347 e. The van der Waals surface area contributed by atoms with Crippen molar-refractivity contribution in [2.75, 3.05) is 12.0 Å². The summed E-state index contributed by atoms with van der Waals surface area (Å²) in [4.78, 5) is 55.4. The summed E-state index contributed by atoms with van der Waals surface area (Å²) in [7, 11) is 2.85. The van der Waals surface area contributed by atoms with Crippen molar-refractivity contribution in [1.82, 2.24) is 13.9 Å². The Morgan fingerprint density at radius 3 is 2.47 bits per heavy atom. The highest BCUT2D eigenvalue weighted by atomic mass is 79.9. The Morgan fingerprint density at radius 2 is 1.79 bits per heavy atom. The van der Waals surface area contributed by atoms with E-state index in [1.807, 2.05) is 6.08 Å². The molecule has 3 heterocycles. The van der Waals surface area contributed by atoms with Crippen LogP contribution in [0.25, 0.3) is 0 Å². The van der Waals surface area contributed by atoms with Crippen LogP contribution in [0.1, 0.15) is 30.9 Å². The molecule has 2 amide bonds. The third kappa shape index (κ3) is 3.05. The molecule has 10 nitrogen and oxygen atoms in total. The van der Waals surface area contributed by atoms with Crippen LogP contribution < -0.4 is 21.0 Å². The maximum atomic E-state index is 14.3. The van der Waals surface area contributed by atoms with Gasteiger partial charge in [0.1, 0.15) is 0 Å². The number of imide groups is 1. The average molecular weight is 581 g/mol. The monoisotopic (exact) mass is 580 g/mol. The van der Waals surface area contributed by atoms with E-state index in [0.717, 1.165) is 4.57 Å². The molecular formula is C27H25BrN4O6. The average Bonchev–Trinajstić information content (AvgIpc) is 3.25. The number of carbonyl (C=O) groups is 2. The largest absolute Gasteiger partial charge is 0.504 e. The number of aromatic hydroxyl groups is 1. The zero-order chi connectivity index (χ0) is 27.1. The molecule has 1 aromatic heterocycles. The maximum Gasteiger partial charge on any atom is 0.347 e. The molecule has 2 fully saturated rings. The fourth-order valence-electron chi connectivity index (χ4n) is 6.52. The molecule has 2 aromatic carbocycles. The summed E-state index contributed by atoms with van der Waals surface area (Å²) in [5.74, 6) is -2.30. The van der Waals surface area contributed by atoms with Gasteiger partial charge in [0, 0.05) is 23.0 Å². The van der Waals surface area contributed by atoms with Gasteiger partial charge in [-0.3, -0.25) is 9.59 Å². The van der Waals surface area contributed by atoms with E-state index >= 15 is 0 Å². The third-order valence-corrected chi connectivity index (χ3v) is 8.80. The molecule has 3 aliphatic rings. The van der Waals surface area contributed by atoms with Crippen molar-refractivity contribution in [3.05, 3.63) is 85.1 Å². The Bertz CT molecular complexity index is 1670. The van der Waals surface area contributed by atoms with Gasteiger partial charge < -0.3 is 9.84 Å². The fourth-order valence-corrected chi connectivity index (χ4v) is 6.98. The van der Waals surface area contributed by atoms with Crippen LogP contribution in [-0.4, -0.2) is 38.0 Å². The molecule has 38 heavy (non-hydrogen) atoms. The van der Waals surface area contributed by atoms with Gasteiger partial charge in [0.15, 0.2) is 11.5 Å². The van der Waals surface area contributed by atoms with Gasteiger partial charge in [0.2, 0.25) is 11.8 Å². The number of anilines is 1. The number of halogens is 1. The van der Waals surface area contributed by atoms with Gasteiger partial charge in [-0.15, -0.1) is 0 Å². The summed E-state index contributed by atoms with van der Waals surface area (Å²) in [5, 5.41) is 11.3. The standard InChI is InChI=1S/C27H25BrN4O6/c1-27-18(23(34)31(24(27)35)15-7-5-4-6-8-15)13-19-16(9-10-30-25(36)29(2)26(37)32(19)30)21(27)17-11-14(28)12-20(38-3)22(17)33/h4-9,11-12,18-19,21,33H,10,13H2,1-3H3/t18-,19+,21+,27+/m0/s1. The minimum Gasteiger partial charge on any atom is -0.504 e. The van der Waals surface area contributed by atoms with E-state index in [4.69, 9.17) is 4.74 Å². The number of amides is 2. The van der Waals surface area contributed by atoms with Gasteiger partial charge >= 0.3 is 11.4 Å². The third-order valence-electron chi connectivity index (χ3n) is 8.34. The van der Waals surface area contributed by atoms with Crippen molar-refractivity contribution in [1.29, 1.82) is 0 Å². The summed E-state index contributed by atoms with van der Waals surface area (Å²) < 4.78 is 9.80. The van der Waals surface area contributed by atoms with E-state index < -0.39 is 34.7 Å². The second kappa shape index (κ2) is 8.32. The van der Waals surface area contributed by atoms with Crippen LogP contribution in [0.3, 0.4) is 0 Å². The number of carbonyl (C=O) groups excluding carboxylic acids is 2. The molecule has 2 aliphatic heterocycles. The van der Waals surface area contributed by atoms with Crippen molar-refractivity contribution >= 4 is 33.4 Å². The van der Waals surface area contributed by atoms with E-state index in [0.29, 0.717) is 21.3 Å². The van der Waals surface area contributed by atoms with Gasteiger partial charge in [-0.1, -0.05) is 40.2 Å². The number of hydrogen-bond acceptors (Lipinski definition) is 6. The quantitative estimate of drug-likeness (QED) is 0.376. The Morgan fingerprint density at radius 1 is 1.08 bits per heavy atom. The first-order valence-electron chi connectivity index (χ1n) is 12.2. The van der Waals surface area contributed by atoms with Crippen molar-refractivity contribution in [2.24, 2.45) is 18.4 Å². The lowest BCUT2D eigenvalue weighted by atomic mass is 9.56. The van der Waals surface area contributed by atoms with Crippen LogP contribution in [0.15, 0.2) is 68.2 Å². The van der Waals surface area contributed by atoms with Crippen molar-refractivity contribution in [2.45, 2.75) is 31.8 Å². The fraction of sp³-hybridized carbons (Fsp3) is 0.333. The molecule has 4 atom stereocenters. The number of phenolic OH excluding ortho intramolecular Hbond substituents is 1. The zero-order valence-corrected chi connectivity index (χ0v) is 22.5. The number of allylic oxidation sites excluding steroid dienone is 2. The summed E-state index contributed by atoms with van der Waals surface area (Å²) in [6.45, 7) is 1.87. The van der Waals surface area contributed by atoms with Crippen molar-refractivity contribution in [3.8, 4) is 11.5 Å². The number of fused-ring (bicyclic) bond motifs is 4. The molecule has 1 N–H and O–H groups in total. The predicted molar refractivity (Wildman–Crippen MR) is 141 cm³/mol. The van der Waals surface area contributed by atoms with Gasteiger partial charge in [-0.25, -0.2) is 28.4 Å². The van der Waals surface area contributed by atoms with Crippen LogP contribution in [0.5, 0.6) is 11.5 Å². The molecule has 1 saturated carbocycles. The summed E-state index contributed by atoms with van der Waals surface area (Å²) >= 11 is 3.48. The summed E-state index contributed by atoms with van der Waals surface area (Å²) in [6.07, 6.45) is 2.00. The molecular weight excluding hydrogens is 556 g/mol. The van der Waals surface area contributed by atoms with Gasteiger partial charge in [0.05, 0.1) is 36.7 Å².